The normalized spacial score (nSPS) is 13.9. The minimum Gasteiger partial charge on any atom is -0.381 e. The Balaban J connectivity index is 4.77. The van der Waals surface area contributed by atoms with E-state index in [9.17, 15) is 0 Å². The Morgan fingerprint density at radius 2 is 0.844 bits per heavy atom. The zero-order chi connectivity index (χ0) is 23.9. The van der Waals surface area contributed by atoms with Gasteiger partial charge >= 0.3 is 0 Å². The van der Waals surface area contributed by atoms with Crippen molar-refractivity contribution >= 4 is 39.2 Å². The van der Waals surface area contributed by atoms with Crippen molar-refractivity contribution in [3.05, 3.63) is 0 Å². The molecule has 0 amide bonds. The van der Waals surface area contributed by atoms with Gasteiger partial charge in [-0.3, -0.25) is 0 Å². The highest BCUT2D eigenvalue weighted by atomic mass is 33.1. The topological polar surface area (TPSA) is 18.5 Å². The lowest BCUT2D eigenvalue weighted by molar-refractivity contribution is 0.112. The van der Waals surface area contributed by atoms with Crippen LogP contribution in [0.1, 0.15) is 106 Å². The molecule has 0 aromatic rings. The molecule has 2 nitrogen and oxygen atoms in total. The number of rotatable bonds is 25. The molecule has 2 unspecified atom stereocenters. The first-order valence-electron chi connectivity index (χ1n) is 14.2. The minimum atomic E-state index is -0.815. The van der Waals surface area contributed by atoms with Crippen LogP contribution < -0.4 is 0 Å². The van der Waals surface area contributed by atoms with E-state index in [1.54, 1.807) is 0 Å². The van der Waals surface area contributed by atoms with Crippen LogP contribution >= 0.6 is 21.6 Å². The standard InChI is InChI=1S/C26H58O2S2Si2/c1-7-13-15-17-27-25(31(19-9-3)20-10-4)23-29-30-24-26(28-18-16-14-8-2)32(21-11-5)22-12-6/h25-26,31-32H,7-24H2,1-6H3. The van der Waals surface area contributed by atoms with Crippen molar-refractivity contribution in [2.75, 3.05) is 24.7 Å². The van der Waals surface area contributed by atoms with Gasteiger partial charge in [0.05, 0.1) is 29.0 Å². The van der Waals surface area contributed by atoms with Gasteiger partial charge < -0.3 is 9.47 Å². The quantitative estimate of drug-likeness (QED) is 0.0677. The van der Waals surface area contributed by atoms with Gasteiger partial charge in [0.25, 0.3) is 0 Å². The van der Waals surface area contributed by atoms with E-state index in [2.05, 4.69) is 63.1 Å². The molecule has 0 rings (SSSR count). The lowest BCUT2D eigenvalue weighted by atomic mass is 10.3. The third-order valence-corrected chi connectivity index (χ3v) is 17.7. The fourth-order valence-electron chi connectivity index (χ4n) is 4.56. The summed E-state index contributed by atoms with van der Waals surface area (Å²) in [6.45, 7) is 16.0. The monoisotopic (exact) mass is 522 g/mol. The summed E-state index contributed by atoms with van der Waals surface area (Å²) < 4.78 is 13.1. The number of unbranched alkanes of at least 4 members (excludes halogenated alkanes) is 4. The van der Waals surface area contributed by atoms with E-state index in [0.717, 1.165) is 13.2 Å². The van der Waals surface area contributed by atoms with E-state index in [4.69, 9.17) is 9.47 Å². The highest BCUT2D eigenvalue weighted by Crippen LogP contribution is 2.29. The molecule has 0 bridgehead atoms. The molecule has 0 spiro atoms. The Morgan fingerprint density at radius 1 is 0.500 bits per heavy atom. The lowest BCUT2D eigenvalue weighted by Gasteiger charge is -2.27. The van der Waals surface area contributed by atoms with Crippen molar-refractivity contribution in [3.63, 3.8) is 0 Å². The van der Waals surface area contributed by atoms with Crippen molar-refractivity contribution in [2.24, 2.45) is 0 Å². The van der Waals surface area contributed by atoms with Crippen molar-refractivity contribution in [2.45, 2.75) is 141 Å². The Labute approximate surface area is 214 Å². The van der Waals surface area contributed by atoms with Crippen LogP contribution in [-0.4, -0.2) is 53.8 Å². The third-order valence-electron chi connectivity index (χ3n) is 6.40. The van der Waals surface area contributed by atoms with E-state index in [1.807, 2.05) is 0 Å². The highest BCUT2D eigenvalue weighted by Gasteiger charge is 2.25. The molecule has 32 heavy (non-hydrogen) atoms. The molecule has 0 aromatic heterocycles. The van der Waals surface area contributed by atoms with E-state index in [1.165, 1.54) is 99.9 Å². The first kappa shape index (κ1) is 33.1. The molecule has 194 valence electrons. The molecule has 0 N–H and O–H groups in total. The smallest absolute Gasteiger partial charge is 0.0728 e. The van der Waals surface area contributed by atoms with E-state index < -0.39 is 17.6 Å². The molecule has 2 atom stereocenters. The predicted molar refractivity (Wildman–Crippen MR) is 158 cm³/mol. The van der Waals surface area contributed by atoms with Gasteiger partial charge in [-0.15, -0.1) is 0 Å². The molecule has 0 aromatic carbocycles. The summed E-state index contributed by atoms with van der Waals surface area (Å²) >= 11 is 0. The van der Waals surface area contributed by atoms with Crippen molar-refractivity contribution in [3.8, 4) is 0 Å². The molecule has 0 heterocycles. The molecule has 0 aliphatic rings. The van der Waals surface area contributed by atoms with Gasteiger partial charge in [0.15, 0.2) is 0 Å². The number of hydrogen-bond acceptors (Lipinski definition) is 4. The maximum absolute atomic E-state index is 6.54. The SMILES string of the molecule is CCCCCOC(CSSCC(OCCCCC)[SiH](CCC)CCC)[SiH](CCC)CCC. The van der Waals surface area contributed by atoms with Crippen molar-refractivity contribution < 1.29 is 9.47 Å². The summed E-state index contributed by atoms with van der Waals surface area (Å²) in [6, 6.07) is 5.79. The maximum atomic E-state index is 6.54. The van der Waals surface area contributed by atoms with Crippen LogP contribution in [0.4, 0.5) is 0 Å². The molecule has 0 saturated heterocycles. The second-order valence-corrected chi connectivity index (χ2v) is 18.9. The average molecular weight is 523 g/mol. The van der Waals surface area contributed by atoms with Gasteiger partial charge in [-0.1, -0.05) is 139 Å². The van der Waals surface area contributed by atoms with Crippen LogP contribution in [0.25, 0.3) is 0 Å². The van der Waals surface area contributed by atoms with Crippen molar-refractivity contribution in [1.29, 1.82) is 0 Å². The average Bonchev–Trinajstić information content (AvgIpc) is 2.79. The Bertz CT molecular complexity index is 332. The van der Waals surface area contributed by atoms with Gasteiger partial charge in [-0.05, 0) is 12.8 Å². The first-order valence-corrected chi connectivity index (χ1v) is 21.2. The van der Waals surface area contributed by atoms with Gasteiger partial charge in [0.2, 0.25) is 0 Å². The summed E-state index contributed by atoms with van der Waals surface area (Å²) in [5.41, 5.74) is 1.13. The zero-order valence-electron chi connectivity index (χ0n) is 22.7. The molecule has 0 radical (unpaired) electrons. The maximum Gasteiger partial charge on any atom is 0.0728 e. The Hall–Kier alpha value is 1.05. The summed E-state index contributed by atoms with van der Waals surface area (Å²) in [4.78, 5) is 0. The second kappa shape index (κ2) is 25.2. The Morgan fingerprint density at radius 3 is 1.12 bits per heavy atom. The molecule has 0 aliphatic heterocycles. The van der Waals surface area contributed by atoms with Crippen LogP contribution in [0.3, 0.4) is 0 Å². The number of ether oxygens (including phenoxy) is 2. The second-order valence-electron chi connectivity index (χ2n) is 9.48. The molecular formula is C26H58O2S2Si2. The molecule has 6 heteroatoms. The van der Waals surface area contributed by atoms with E-state index >= 15 is 0 Å². The van der Waals surface area contributed by atoms with E-state index in [-0.39, 0.29) is 0 Å². The van der Waals surface area contributed by atoms with Crippen LogP contribution in [0.15, 0.2) is 0 Å². The summed E-state index contributed by atoms with van der Waals surface area (Å²) in [5.74, 6) is 2.40. The molecular weight excluding hydrogens is 465 g/mol. The Kier molecular flexibility index (Phi) is 26.0. The molecule has 0 fully saturated rings. The van der Waals surface area contributed by atoms with Crippen molar-refractivity contribution in [1.82, 2.24) is 0 Å². The largest absolute Gasteiger partial charge is 0.381 e. The summed E-state index contributed by atoms with van der Waals surface area (Å²) in [7, 11) is 2.57. The predicted octanol–water partition coefficient (Wildman–Crippen LogP) is 8.69. The van der Waals surface area contributed by atoms with Crippen LogP contribution in [0, 0.1) is 0 Å². The van der Waals surface area contributed by atoms with Gasteiger partial charge in [-0.25, -0.2) is 0 Å². The van der Waals surface area contributed by atoms with Gasteiger partial charge in [0.1, 0.15) is 0 Å². The minimum absolute atomic E-state index is 0.563. The summed E-state index contributed by atoms with van der Waals surface area (Å²) in [6.07, 6.45) is 13.0. The fraction of sp³-hybridized carbons (Fsp3) is 1.00. The molecule has 0 saturated carbocycles. The van der Waals surface area contributed by atoms with Gasteiger partial charge in [-0.2, -0.15) is 0 Å². The third kappa shape index (κ3) is 17.5. The van der Waals surface area contributed by atoms with Crippen LogP contribution in [-0.2, 0) is 9.47 Å². The van der Waals surface area contributed by atoms with E-state index in [0.29, 0.717) is 11.5 Å². The highest BCUT2D eigenvalue weighted by molar-refractivity contribution is 8.76. The van der Waals surface area contributed by atoms with Gasteiger partial charge in [0, 0.05) is 24.7 Å². The number of hydrogen-bond donors (Lipinski definition) is 0. The molecule has 0 aliphatic carbocycles. The zero-order valence-corrected chi connectivity index (χ0v) is 26.6. The van der Waals surface area contributed by atoms with Crippen LogP contribution in [0.2, 0.25) is 24.2 Å². The fourth-order valence-corrected chi connectivity index (χ4v) is 16.0. The van der Waals surface area contributed by atoms with Crippen LogP contribution in [0.5, 0.6) is 0 Å². The lowest BCUT2D eigenvalue weighted by Crippen LogP contribution is -2.36. The summed E-state index contributed by atoms with van der Waals surface area (Å²) in [5, 5.41) is 0. The first-order chi connectivity index (χ1) is 15.7.